The summed E-state index contributed by atoms with van der Waals surface area (Å²) in [5.74, 6) is -1.61. The number of hydrogen-bond acceptors (Lipinski definition) is 6. The standard InChI is InChI=1S/C23H33F2N5O2.C2H6/c1-23(2,30-11-7-26-8-12-30)15-5-9-29(10-6-15)21-17(24)13-16(14-18(21)25)27-19-3-4-20(31)28-22(19)32;1-2/h13-15,19,26-27H,3-12H2,1-2H3,(H,28,31,32);1-2H3. The molecule has 4 rings (SSSR count). The summed E-state index contributed by atoms with van der Waals surface area (Å²) in [5, 5.41) is 8.48. The van der Waals surface area contributed by atoms with Gasteiger partial charge in [0.25, 0.3) is 0 Å². The number of carbonyl (C=O) groups is 2. The minimum absolute atomic E-state index is 0.00254. The van der Waals surface area contributed by atoms with Crippen molar-refractivity contribution in [2.45, 2.75) is 65.0 Å². The van der Waals surface area contributed by atoms with E-state index in [1.54, 1.807) is 4.90 Å². The van der Waals surface area contributed by atoms with Crippen molar-refractivity contribution in [2.75, 3.05) is 49.5 Å². The number of carbonyl (C=O) groups excluding carboxylic acids is 2. The molecule has 190 valence electrons. The highest BCUT2D eigenvalue weighted by Gasteiger charge is 2.38. The van der Waals surface area contributed by atoms with Gasteiger partial charge in [0.05, 0.1) is 0 Å². The highest BCUT2D eigenvalue weighted by Crippen LogP contribution is 2.36. The Morgan fingerprint density at radius 2 is 1.56 bits per heavy atom. The number of rotatable bonds is 5. The van der Waals surface area contributed by atoms with Gasteiger partial charge in [-0.2, -0.15) is 0 Å². The molecule has 0 saturated carbocycles. The average molecular weight is 480 g/mol. The van der Waals surface area contributed by atoms with Crippen molar-refractivity contribution in [1.82, 2.24) is 15.5 Å². The Kier molecular flexibility index (Phi) is 8.87. The number of nitrogens with one attached hydrogen (secondary N) is 3. The van der Waals surface area contributed by atoms with E-state index in [0.717, 1.165) is 39.0 Å². The van der Waals surface area contributed by atoms with Gasteiger partial charge in [-0.1, -0.05) is 13.8 Å². The zero-order valence-corrected chi connectivity index (χ0v) is 20.8. The van der Waals surface area contributed by atoms with Gasteiger partial charge in [0, 0.05) is 56.9 Å². The smallest absolute Gasteiger partial charge is 0.249 e. The summed E-state index contributed by atoms with van der Waals surface area (Å²) in [6, 6.07) is 1.79. The molecule has 1 aromatic rings. The van der Waals surface area contributed by atoms with Gasteiger partial charge < -0.3 is 15.5 Å². The first-order valence-electron chi connectivity index (χ1n) is 12.6. The van der Waals surface area contributed by atoms with E-state index in [0.29, 0.717) is 25.4 Å². The van der Waals surface area contributed by atoms with Crippen LogP contribution in [0.15, 0.2) is 12.1 Å². The van der Waals surface area contributed by atoms with E-state index >= 15 is 0 Å². The monoisotopic (exact) mass is 479 g/mol. The van der Waals surface area contributed by atoms with Crippen LogP contribution in [-0.4, -0.2) is 67.6 Å². The summed E-state index contributed by atoms with van der Waals surface area (Å²) in [6.07, 6.45) is 2.26. The van der Waals surface area contributed by atoms with Crippen molar-refractivity contribution in [1.29, 1.82) is 0 Å². The first-order chi connectivity index (χ1) is 16.3. The maximum absolute atomic E-state index is 14.9. The molecular formula is C25H39F2N5O2. The molecule has 3 aliphatic heterocycles. The Hall–Kier alpha value is -2.26. The third-order valence-corrected chi connectivity index (χ3v) is 7.34. The summed E-state index contributed by atoms with van der Waals surface area (Å²) in [5.41, 5.74) is 0.256. The molecule has 0 aromatic heterocycles. The van der Waals surface area contributed by atoms with E-state index in [2.05, 4.69) is 34.7 Å². The fraction of sp³-hybridized carbons (Fsp3) is 0.680. The molecule has 1 aromatic carbocycles. The lowest BCUT2D eigenvalue weighted by atomic mass is 9.78. The van der Waals surface area contributed by atoms with Crippen molar-refractivity contribution < 1.29 is 18.4 Å². The maximum atomic E-state index is 14.9. The lowest BCUT2D eigenvalue weighted by molar-refractivity contribution is -0.133. The summed E-state index contributed by atoms with van der Waals surface area (Å²) in [4.78, 5) is 27.5. The molecule has 0 bridgehead atoms. The number of anilines is 2. The third-order valence-electron chi connectivity index (χ3n) is 7.34. The van der Waals surface area contributed by atoms with Gasteiger partial charge in [-0.3, -0.25) is 19.8 Å². The molecule has 7 nitrogen and oxygen atoms in total. The molecule has 0 radical (unpaired) electrons. The van der Waals surface area contributed by atoms with Crippen LogP contribution in [-0.2, 0) is 9.59 Å². The second-order valence-corrected chi connectivity index (χ2v) is 9.59. The SMILES string of the molecule is CC.CC(C)(C1CCN(c2c(F)cc(NC3CCC(=O)NC3=O)cc2F)CC1)N1CCNCC1. The van der Waals surface area contributed by atoms with Crippen molar-refractivity contribution in [3.05, 3.63) is 23.8 Å². The van der Waals surface area contributed by atoms with Crippen molar-refractivity contribution in [3.63, 3.8) is 0 Å². The lowest BCUT2D eigenvalue weighted by Gasteiger charge is -2.49. The van der Waals surface area contributed by atoms with Gasteiger partial charge in [0.2, 0.25) is 11.8 Å². The fourth-order valence-corrected chi connectivity index (χ4v) is 5.29. The molecule has 1 unspecified atom stereocenters. The lowest BCUT2D eigenvalue weighted by Crippen LogP contribution is -2.58. The van der Waals surface area contributed by atoms with Crippen LogP contribution in [0.4, 0.5) is 20.2 Å². The van der Waals surface area contributed by atoms with Crippen molar-refractivity contribution in [3.8, 4) is 0 Å². The van der Waals surface area contributed by atoms with Gasteiger partial charge in [-0.25, -0.2) is 8.78 Å². The molecule has 9 heteroatoms. The number of benzene rings is 1. The highest BCUT2D eigenvalue weighted by molar-refractivity contribution is 6.01. The summed E-state index contributed by atoms with van der Waals surface area (Å²) >= 11 is 0. The molecule has 1 atom stereocenters. The van der Waals surface area contributed by atoms with Crippen LogP contribution in [0.1, 0.15) is 53.4 Å². The highest BCUT2D eigenvalue weighted by atomic mass is 19.1. The van der Waals surface area contributed by atoms with Crippen LogP contribution in [0.25, 0.3) is 0 Å². The normalized spacial score (nSPS) is 22.6. The molecule has 3 fully saturated rings. The number of amides is 2. The minimum Gasteiger partial charge on any atom is -0.373 e. The predicted molar refractivity (Wildman–Crippen MR) is 131 cm³/mol. The minimum atomic E-state index is -0.680. The maximum Gasteiger partial charge on any atom is 0.249 e. The van der Waals surface area contributed by atoms with Gasteiger partial charge in [-0.05, 0) is 51.2 Å². The fourth-order valence-electron chi connectivity index (χ4n) is 5.29. The summed E-state index contributed by atoms with van der Waals surface area (Å²) in [7, 11) is 0. The Bertz CT molecular complexity index is 842. The number of imide groups is 1. The van der Waals surface area contributed by atoms with Crippen LogP contribution in [0.3, 0.4) is 0 Å². The summed E-state index contributed by atoms with van der Waals surface area (Å²) in [6.45, 7) is 13.8. The molecule has 3 N–H and O–H groups in total. The Morgan fingerprint density at radius 3 is 2.12 bits per heavy atom. The van der Waals surface area contributed by atoms with Crippen LogP contribution >= 0.6 is 0 Å². The van der Waals surface area contributed by atoms with E-state index in [1.165, 1.54) is 12.1 Å². The van der Waals surface area contributed by atoms with Gasteiger partial charge in [-0.15, -0.1) is 0 Å². The average Bonchev–Trinajstić information content (AvgIpc) is 2.83. The number of halogens is 2. The molecule has 3 heterocycles. The molecule has 0 aliphatic carbocycles. The Morgan fingerprint density at radius 1 is 0.971 bits per heavy atom. The van der Waals surface area contributed by atoms with Crippen molar-refractivity contribution in [2.24, 2.45) is 5.92 Å². The zero-order chi connectivity index (χ0) is 24.9. The predicted octanol–water partition coefficient (Wildman–Crippen LogP) is 3.11. The van der Waals surface area contributed by atoms with Crippen LogP contribution in [0.2, 0.25) is 0 Å². The molecule has 34 heavy (non-hydrogen) atoms. The first-order valence-corrected chi connectivity index (χ1v) is 12.6. The first kappa shape index (κ1) is 26.3. The second-order valence-electron chi connectivity index (χ2n) is 9.59. The van der Waals surface area contributed by atoms with Crippen LogP contribution < -0.4 is 20.9 Å². The molecule has 0 spiro atoms. The van der Waals surface area contributed by atoms with E-state index in [-0.39, 0.29) is 29.2 Å². The zero-order valence-electron chi connectivity index (χ0n) is 20.8. The van der Waals surface area contributed by atoms with Gasteiger partial charge in [0.15, 0.2) is 11.6 Å². The van der Waals surface area contributed by atoms with Crippen LogP contribution in [0.5, 0.6) is 0 Å². The van der Waals surface area contributed by atoms with E-state index in [9.17, 15) is 18.4 Å². The largest absolute Gasteiger partial charge is 0.373 e. The van der Waals surface area contributed by atoms with E-state index < -0.39 is 23.6 Å². The topological polar surface area (TPSA) is 76.7 Å². The molecular weight excluding hydrogens is 440 g/mol. The molecule has 2 amide bonds. The quantitative estimate of drug-likeness (QED) is 0.564. The Labute approximate surface area is 201 Å². The van der Waals surface area contributed by atoms with E-state index in [1.807, 2.05) is 13.8 Å². The van der Waals surface area contributed by atoms with Crippen LogP contribution in [0, 0.1) is 17.6 Å². The van der Waals surface area contributed by atoms with Gasteiger partial charge >= 0.3 is 0 Å². The third kappa shape index (κ3) is 5.86. The number of nitrogens with zero attached hydrogens (tertiary/aromatic N) is 2. The van der Waals surface area contributed by atoms with Gasteiger partial charge in [0.1, 0.15) is 11.7 Å². The number of hydrogen-bond donors (Lipinski definition) is 3. The Balaban J connectivity index is 0.00000158. The second kappa shape index (κ2) is 11.4. The van der Waals surface area contributed by atoms with Crippen molar-refractivity contribution >= 4 is 23.2 Å². The molecule has 3 aliphatic rings. The number of piperazine rings is 1. The van der Waals surface area contributed by atoms with E-state index in [4.69, 9.17) is 0 Å². The molecule has 3 saturated heterocycles. The summed E-state index contributed by atoms with van der Waals surface area (Å²) < 4.78 is 29.9. The number of piperidine rings is 2.